The molecule has 3 aliphatic heterocycles. The molecule has 148 valence electrons. The fraction of sp³-hybridized carbons (Fsp3) is 0.667. The van der Waals surface area contributed by atoms with E-state index in [1.54, 1.807) is 0 Å². The zero-order valence-corrected chi connectivity index (χ0v) is 16.3. The zero-order valence-electron chi connectivity index (χ0n) is 16.3. The maximum atomic E-state index is 11.1. The van der Waals surface area contributed by atoms with E-state index in [9.17, 15) is 4.79 Å². The third-order valence-electron chi connectivity index (χ3n) is 6.22. The van der Waals surface area contributed by atoms with Gasteiger partial charge in [0.2, 0.25) is 0 Å². The number of carbonyl (C=O) groups is 1. The molecular weight excluding hydrogens is 346 g/mol. The van der Waals surface area contributed by atoms with Crippen LogP contribution >= 0.6 is 0 Å². The van der Waals surface area contributed by atoms with Crippen molar-refractivity contribution in [2.45, 2.75) is 51.4 Å². The van der Waals surface area contributed by atoms with Crippen LogP contribution in [0.2, 0.25) is 0 Å². The van der Waals surface area contributed by atoms with E-state index in [1.807, 2.05) is 24.0 Å². The molecule has 0 aromatic heterocycles. The Bertz CT molecular complexity index is 719. The predicted molar refractivity (Wildman–Crippen MR) is 100 cm³/mol. The number of benzene rings is 1. The summed E-state index contributed by atoms with van der Waals surface area (Å²) in [7, 11) is 0. The molecule has 6 nitrogen and oxygen atoms in total. The minimum atomic E-state index is -0.762. The van der Waals surface area contributed by atoms with Gasteiger partial charge in [-0.25, -0.2) is 0 Å². The second-order valence-electron chi connectivity index (χ2n) is 8.43. The number of hydrogen-bond acceptors (Lipinski definition) is 5. The van der Waals surface area contributed by atoms with Gasteiger partial charge in [0.25, 0.3) is 0 Å². The Labute approximate surface area is 160 Å². The van der Waals surface area contributed by atoms with Crippen LogP contribution in [0, 0.1) is 11.8 Å². The monoisotopic (exact) mass is 375 g/mol. The number of rotatable bonds is 4. The van der Waals surface area contributed by atoms with Crippen molar-refractivity contribution >= 4 is 5.97 Å². The highest BCUT2D eigenvalue weighted by atomic mass is 16.5. The first kappa shape index (κ1) is 18.6. The van der Waals surface area contributed by atoms with Crippen molar-refractivity contribution in [3.63, 3.8) is 0 Å². The smallest absolute Gasteiger partial charge is 0.317 e. The number of nitrogens with zero attached hydrogens (tertiary/aromatic N) is 1. The number of hydrogen-bond donors (Lipinski definition) is 1. The molecule has 0 spiro atoms. The highest BCUT2D eigenvalue weighted by Crippen LogP contribution is 2.55. The summed E-state index contributed by atoms with van der Waals surface area (Å²) in [6.07, 6.45) is 2.03. The number of likely N-dealkylation sites (tertiary alicyclic amines) is 1. The number of piperidine rings is 1. The van der Waals surface area contributed by atoms with Crippen molar-refractivity contribution in [2.24, 2.45) is 11.8 Å². The van der Waals surface area contributed by atoms with Crippen LogP contribution < -0.4 is 9.47 Å². The second kappa shape index (κ2) is 6.99. The first-order chi connectivity index (χ1) is 12.9. The summed E-state index contributed by atoms with van der Waals surface area (Å²) in [5.41, 5.74) is 0.710. The van der Waals surface area contributed by atoms with Gasteiger partial charge in [-0.15, -0.1) is 0 Å². The Hall–Kier alpha value is -1.79. The lowest BCUT2D eigenvalue weighted by Gasteiger charge is -2.53. The molecule has 4 rings (SSSR count). The fourth-order valence-corrected chi connectivity index (χ4v) is 4.97. The van der Waals surface area contributed by atoms with Gasteiger partial charge in [-0.3, -0.25) is 9.69 Å². The summed E-state index contributed by atoms with van der Waals surface area (Å²) in [6.45, 7) is 8.48. The van der Waals surface area contributed by atoms with Crippen molar-refractivity contribution in [2.75, 3.05) is 26.2 Å². The van der Waals surface area contributed by atoms with Crippen LogP contribution in [0.1, 0.15) is 45.3 Å². The van der Waals surface area contributed by atoms with E-state index in [1.165, 1.54) is 0 Å². The lowest BCUT2D eigenvalue weighted by molar-refractivity contribution is -0.188. The fourth-order valence-electron chi connectivity index (χ4n) is 4.97. The molecule has 3 aliphatic rings. The highest BCUT2D eigenvalue weighted by molar-refractivity contribution is 5.69. The first-order valence-electron chi connectivity index (χ1n) is 9.93. The Kier molecular flexibility index (Phi) is 4.80. The number of fused-ring (bicyclic) bond motifs is 4. The number of carboxylic acid groups (broad SMARTS) is 1. The molecule has 0 bridgehead atoms. The Morgan fingerprint density at radius 1 is 1.41 bits per heavy atom. The maximum absolute atomic E-state index is 11.1. The lowest BCUT2D eigenvalue weighted by atomic mass is 9.70. The topological polar surface area (TPSA) is 68.2 Å². The number of ether oxygens (including phenoxy) is 3. The average Bonchev–Trinajstić information content (AvgIpc) is 2.61. The molecule has 4 atom stereocenters. The van der Waals surface area contributed by atoms with E-state index in [-0.39, 0.29) is 30.3 Å². The molecule has 0 unspecified atom stereocenters. The van der Waals surface area contributed by atoms with Crippen molar-refractivity contribution < 1.29 is 24.1 Å². The summed E-state index contributed by atoms with van der Waals surface area (Å²) < 4.78 is 18.9. The van der Waals surface area contributed by atoms with Gasteiger partial charge in [0.05, 0.1) is 25.4 Å². The molecule has 2 fully saturated rings. The second-order valence-corrected chi connectivity index (χ2v) is 8.43. The van der Waals surface area contributed by atoms with Crippen molar-refractivity contribution in [1.29, 1.82) is 0 Å². The maximum Gasteiger partial charge on any atom is 0.317 e. The molecule has 1 aromatic rings. The zero-order chi connectivity index (χ0) is 19.2. The number of aliphatic carboxylic acids is 1. The normalized spacial score (nSPS) is 31.8. The van der Waals surface area contributed by atoms with Gasteiger partial charge in [0.1, 0.15) is 5.60 Å². The number of carboxylic acids is 1. The van der Waals surface area contributed by atoms with Crippen molar-refractivity contribution in [3.05, 3.63) is 23.8 Å². The third kappa shape index (κ3) is 3.41. The SMILES string of the molecule is CCOc1cccc2c1OC(C)(C)[C@@H]1C[C@@H]3CN(CC(=O)O)CC[C@H]3O[C@@H]21. The van der Waals surface area contributed by atoms with E-state index in [2.05, 4.69) is 19.9 Å². The lowest BCUT2D eigenvalue weighted by Crippen LogP contribution is -2.55. The predicted octanol–water partition coefficient (Wildman–Crippen LogP) is 3.11. The first-order valence-corrected chi connectivity index (χ1v) is 9.93. The standard InChI is InChI=1S/C21H29NO5/c1-4-25-17-7-5-6-14-19-15(21(2,3)27-20(14)17)10-13-11-22(12-18(23)24)9-8-16(13)26-19/h5-7,13,15-16,19H,4,8-12H2,1-3H3,(H,23,24)/t13-,15-,16-,19+/m1/s1. The molecule has 0 amide bonds. The van der Waals surface area contributed by atoms with Crippen LogP contribution in [-0.2, 0) is 9.53 Å². The largest absolute Gasteiger partial charge is 0.490 e. The average molecular weight is 375 g/mol. The van der Waals surface area contributed by atoms with E-state index in [0.29, 0.717) is 12.5 Å². The summed E-state index contributed by atoms with van der Waals surface area (Å²) in [5.74, 6) is 1.41. The molecule has 6 heteroatoms. The number of para-hydroxylation sites is 1. The van der Waals surface area contributed by atoms with Crippen LogP contribution in [0.25, 0.3) is 0 Å². The summed E-state index contributed by atoms with van der Waals surface area (Å²) >= 11 is 0. The van der Waals surface area contributed by atoms with Gasteiger partial charge >= 0.3 is 5.97 Å². The molecule has 0 saturated carbocycles. The van der Waals surface area contributed by atoms with Gasteiger partial charge in [0.15, 0.2) is 11.5 Å². The Morgan fingerprint density at radius 3 is 2.96 bits per heavy atom. The van der Waals surface area contributed by atoms with E-state index in [0.717, 1.165) is 43.0 Å². The third-order valence-corrected chi connectivity index (χ3v) is 6.22. The summed E-state index contributed by atoms with van der Waals surface area (Å²) in [4.78, 5) is 13.1. The quantitative estimate of drug-likeness (QED) is 0.872. The molecule has 0 radical (unpaired) electrons. The van der Waals surface area contributed by atoms with Gasteiger partial charge < -0.3 is 19.3 Å². The van der Waals surface area contributed by atoms with Crippen LogP contribution in [0.4, 0.5) is 0 Å². The molecule has 0 aliphatic carbocycles. The van der Waals surface area contributed by atoms with Crippen LogP contribution in [0.3, 0.4) is 0 Å². The van der Waals surface area contributed by atoms with Gasteiger partial charge in [-0.1, -0.05) is 12.1 Å². The van der Waals surface area contributed by atoms with Gasteiger partial charge in [0, 0.05) is 24.6 Å². The van der Waals surface area contributed by atoms with Crippen molar-refractivity contribution in [3.8, 4) is 11.5 Å². The summed E-state index contributed by atoms with van der Waals surface area (Å²) in [6, 6.07) is 6.05. The van der Waals surface area contributed by atoms with E-state index < -0.39 is 5.97 Å². The minimum Gasteiger partial charge on any atom is -0.490 e. The minimum absolute atomic E-state index is 0.00331. The summed E-state index contributed by atoms with van der Waals surface area (Å²) in [5, 5.41) is 9.11. The Balaban J connectivity index is 1.61. The van der Waals surface area contributed by atoms with Crippen LogP contribution in [0.15, 0.2) is 18.2 Å². The Morgan fingerprint density at radius 2 is 2.22 bits per heavy atom. The van der Waals surface area contributed by atoms with E-state index in [4.69, 9.17) is 19.3 Å². The highest BCUT2D eigenvalue weighted by Gasteiger charge is 2.51. The molecule has 1 N–H and O–H groups in total. The molecule has 2 saturated heterocycles. The molecule has 27 heavy (non-hydrogen) atoms. The molecular formula is C21H29NO5. The van der Waals surface area contributed by atoms with Crippen LogP contribution in [0.5, 0.6) is 11.5 Å². The molecule has 1 aromatic carbocycles. The van der Waals surface area contributed by atoms with Gasteiger partial charge in [-0.05, 0) is 45.6 Å². The van der Waals surface area contributed by atoms with Crippen molar-refractivity contribution in [1.82, 2.24) is 4.90 Å². The molecule has 3 heterocycles. The van der Waals surface area contributed by atoms with Crippen LogP contribution in [-0.4, -0.2) is 53.9 Å². The van der Waals surface area contributed by atoms with Gasteiger partial charge in [-0.2, -0.15) is 0 Å². The van der Waals surface area contributed by atoms with E-state index >= 15 is 0 Å².